The number of fused-ring (bicyclic) bond motifs is 1. The zero-order valence-corrected chi connectivity index (χ0v) is 8.40. The van der Waals surface area contributed by atoms with E-state index < -0.39 is 0 Å². The Hall–Kier alpha value is -2.04. The van der Waals surface area contributed by atoms with Gasteiger partial charge in [0.05, 0.1) is 25.0 Å². The van der Waals surface area contributed by atoms with E-state index in [0.717, 1.165) is 0 Å². The van der Waals surface area contributed by atoms with Gasteiger partial charge in [-0.05, 0) is 12.1 Å². The molecule has 1 N–H and O–H groups in total. The van der Waals surface area contributed by atoms with Crippen molar-refractivity contribution >= 4 is 10.8 Å². The highest BCUT2D eigenvalue weighted by Crippen LogP contribution is 2.29. The molecule has 1 aromatic carbocycles. The molecule has 0 spiro atoms. The lowest BCUT2D eigenvalue weighted by Gasteiger charge is -2.07. The van der Waals surface area contributed by atoms with Crippen LogP contribution in [0.4, 0.5) is 0 Å². The van der Waals surface area contributed by atoms with Crippen molar-refractivity contribution in [3.63, 3.8) is 0 Å². The molecule has 0 bridgehead atoms. The second-order valence-corrected chi connectivity index (χ2v) is 2.94. The average molecular weight is 206 g/mol. The van der Waals surface area contributed by atoms with E-state index in [4.69, 9.17) is 9.47 Å². The first kappa shape index (κ1) is 9.51. The van der Waals surface area contributed by atoms with Crippen molar-refractivity contribution in [2.24, 2.45) is 0 Å². The van der Waals surface area contributed by atoms with Gasteiger partial charge in [-0.1, -0.05) is 6.07 Å². The fourth-order valence-corrected chi connectivity index (χ4v) is 1.48. The summed E-state index contributed by atoms with van der Waals surface area (Å²) in [7, 11) is 3.03. The maximum absolute atomic E-state index is 11.5. The van der Waals surface area contributed by atoms with Gasteiger partial charge in [0.2, 0.25) is 5.88 Å². The maximum atomic E-state index is 11.5. The highest BCUT2D eigenvalue weighted by Gasteiger charge is 2.11. The van der Waals surface area contributed by atoms with Gasteiger partial charge in [-0.25, -0.2) is 5.10 Å². The first-order valence-corrected chi connectivity index (χ1v) is 4.37. The van der Waals surface area contributed by atoms with Gasteiger partial charge in [0.15, 0.2) is 0 Å². The minimum Gasteiger partial charge on any atom is -0.496 e. The van der Waals surface area contributed by atoms with Crippen molar-refractivity contribution in [1.29, 1.82) is 0 Å². The van der Waals surface area contributed by atoms with Crippen LogP contribution in [0.2, 0.25) is 0 Å². The normalized spacial score (nSPS) is 10.3. The van der Waals surface area contributed by atoms with Crippen molar-refractivity contribution in [3.05, 3.63) is 28.6 Å². The van der Waals surface area contributed by atoms with E-state index >= 15 is 0 Å². The molecule has 0 saturated carbocycles. The number of methoxy groups -OCH3 is 2. The largest absolute Gasteiger partial charge is 0.496 e. The summed E-state index contributed by atoms with van der Waals surface area (Å²) in [5.74, 6) is 0.921. The number of nitrogens with zero attached hydrogens (tertiary/aromatic N) is 1. The van der Waals surface area contributed by atoms with E-state index in [1.807, 2.05) is 0 Å². The van der Waals surface area contributed by atoms with Crippen molar-refractivity contribution in [2.45, 2.75) is 0 Å². The summed E-state index contributed by atoms with van der Waals surface area (Å²) in [6.07, 6.45) is 0. The minimum absolute atomic E-state index is 0.260. The lowest BCUT2D eigenvalue weighted by Crippen LogP contribution is -2.09. The predicted octanol–water partition coefficient (Wildman–Crippen LogP) is 0.940. The Morgan fingerprint density at radius 1 is 1.27 bits per heavy atom. The molecule has 78 valence electrons. The van der Waals surface area contributed by atoms with Crippen LogP contribution in [-0.2, 0) is 0 Å². The Morgan fingerprint density at radius 2 is 2.07 bits per heavy atom. The molecule has 0 aliphatic rings. The van der Waals surface area contributed by atoms with Crippen molar-refractivity contribution in [2.75, 3.05) is 14.2 Å². The Kier molecular flexibility index (Phi) is 2.29. The Labute approximate surface area is 85.6 Å². The molecular formula is C10H10N2O3. The Balaban J connectivity index is 2.94. The second kappa shape index (κ2) is 3.61. The van der Waals surface area contributed by atoms with E-state index in [0.29, 0.717) is 22.4 Å². The summed E-state index contributed by atoms with van der Waals surface area (Å²) in [4.78, 5) is 11.5. The number of H-pyrrole nitrogens is 1. The van der Waals surface area contributed by atoms with Crippen LogP contribution in [-0.4, -0.2) is 24.4 Å². The smallest absolute Gasteiger partial charge is 0.272 e. The lowest BCUT2D eigenvalue weighted by molar-refractivity contribution is 0.389. The Morgan fingerprint density at radius 3 is 2.73 bits per heavy atom. The van der Waals surface area contributed by atoms with Crippen LogP contribution >= 0.6 is 0 Å². The molecule has 0 saturated heterocycles. The molecule has 5 nitrogen and oxygen atoms in total. The molecule has 0 atom stereocenters. The molecule has 1 heterocycles. The number of aromatic amines is 1. The van der Waals surface area contributed by atoms with Gasteiger partial charge in [0.25, 0.3) is 5.56 Å². The second-order valence-electron chi connectivity index (χ2n) is 2.94. The number of nitrogens with one attached hydrogen (secondary N) is 1. The summed E-state index contributed by atoms with van der Waals surface area (Å²) < 4.78 is 10.2. The van der Waals surface area contributed by atoms with Crippen LogP contribution in [0.5, 0.6) is 11.6 Å². The molecule has 0 radical (unpaired) electrons. The molecule has 0 amide bonds. The molecule has 0 aliphatic heterocycles. The minimum atomic E-state index is -0.260. The molecule has 1 aromatic heterocycles. The van der Waals surface area contributed by atoms with Crippen LogP contribution in [0.15, 0.2) is 23.0 Å². The lowest BCUT2D eigenvalue weighted by atomic mass is 10.2. The topological polar surface area (TPSA) is 64.2 Å². The molecule has 2 aromatic rings. The number of hydrogen-bond donors (Lipinski definition) is 1. The number of ether oxygens (including phenoxy) is 2. The van der Waals surface area contributed by atoms with E-state index in [1.54, 1.807) is 18.2 Å². The van der Waals surface area contributed by atoms with Gasteiger partial charge < -0.3 is 9.47 Å². The summed E-state index contributed by atoms with van der Waals surface area (Å²) in [6.45, 7) is 0. The molecular weight excluding hydrogens is 196 g/mol. The van der Waals surface area contributed by atoms with E-state index in [9.17, 15) is 4.79 Å². The van der Waals surface area contributed by atoms with E-state index in [2.05, 4.69) is 10.2 Å². The third-order valence-electron chi connectivity index (χ3n) is 2.16. The number of rotatable bonds is 2. The van der Waals surface area contributed by atoms with Gasteiger partial charge in [0, 0.05) is 0 Å². The number of aromatic nitrogens is 2. The van der Waals surface area contributed by atoms with Crippen LogP contribution in [0.25, 0.3) is 10.8 Å². The molecule has 5 heteroatoms. The van der Waals surface area contributed by atoms with Gasteiger partial charge in [-0.15, -0.1) is 5.10 Å². The van der Waals surface area contributed by atoms with Gasteiger partial charge >= 0.3 is 0 Å². The fraction of sp³-hybridized carbons (Fsp3) is 0.200. The van der Waals surface area contributed by atoms with Crippen molar-refractivity contribution < 1.29 is 9.47 Å². The zero-order valence-electron chi connectivity index (χ0n) is 8.40. The monoisotopic (exact) mass is 206 g/mol. The maximum Gasteiger partial charge on any atom is 0.272 e. The van der Waals surface area contributed by atoms with Gasteiger partial charge in [-0.3, -0.25) is 4.79 Å². The van der Waals surface area contributed by atoms with Crippen LogP contribution < -0.4 is 15.0 Å². The predicted molar refractivity (Wildman–Crippen MR) is 55.5 cm³/mol. The third-order valence-corrected chi connectivity index (χ3v) is 2.16. The molecule has 0 fully saturated rings. The molecule has 15 heavy (non-hydrogen) atoms. The first-order chi connectivity index (χ1) is 7.27. The summed E-state index contributed by atoms with van der Waals surface area (Å²) in [5, 5.41) is 7.24. The average Bonchev–Trinajstić information content (AvgIpc) is 2.29. The highest BCUT2D eigenvalue weighted by molar-refractivity contribution is 5.91. The highest BCUT2D eigenvalue weighted by atomic mass is 16.5. The fourth-order valence-electron chi connectivity index (χ4n) is 1.48. The van der Waals surface area contributed by atoms with Crippen LogP contribution in [0.3, 0.4) is 0 Å². The number of hydrogen-bond acceptors (Lipinski definition) is 4. The molecule has 0 unspecified atom stereocenters. The van der Waals surface area contributed by atoms with Crippen LogP contribution in [0, 0.1) is 0 Å². The van der Waals surface area contributed by atoms with Crippen LogP contribution in [0.1, 0.15) is 0 Å². The standard InChI is InChI=1S/C10H10N2O3/c1-14-7-5-3-4-6-8(7)10(15-2)12-11-9(6)13/h3-5H,1-2H3,(H,11,13). The summed E-state index contributed by atoms with van der Waals surface area (Å²) in [6, 6.07) is 5.20. The Bertz CT molecular complexity index is 538. The third kappa shape index (κ3) is 1.41. The van der Waals surface area contributed by atoms with E-state index in [1.165, 1.54) is 14.2 Å². The summed E-state index contributed by atoms with van der Waals surface area (Å²) >= 11 is 0. The van der Waals surface area contributed by atoms with E-state index in [-0.39, 0.29) is 5.56 Å². The summed E-state index contributed by atoms with van der Waals surface area (Å²) in [5.41, 5.74) is -0.260. The molecule has 2 rings (SSSR count). The van der Waals surface area contributed by atoms with Gasteiger partial charge in [-0.2, -0.15) is 0 Å². The van der Waals surface area contributed by atoms with Gasteiger partial charge in [0.1, 0.15) is 5.75 Å². The zero-order chi connectivity index (χ0) is 10.8. The first-order valence-electron chi connectivity index (χ1n) is 4.37. The molecule has 0 aliphatic carbocycles. The van der Waals surface area contributed by atoms with Crippen molar-refractivity contribution in [1.82, 2.24) is 10.2 Å². The SMILES string of the molecule is COc1cccc2c(=O)[nH]nc(OC)c12. The quantitative estimate of drug-likeness (QED) is 0.794. The van der Waals surface area contributed by atoms with Crippen molar-refractivity contribution in [3.8, 4) is 11.6 Å². The number of benzene rings is 1.